The van der Waals surface area contributed by atoms with Crippen molar-refractivity contribution in [3.05, 3.63) is 65.4 Å². The summed E-state index contributed by atoms with van der Waals surface area (Å²) < 4.78 is 5.08. The summed E-state index contributed by atoms with van der Waals surface area (Å²) in [7, 11) is 0. The molecule has 0 aliphatic heterocycles. The van der Waals surface area contributed by atoms with Crippen molar-refractivity contribution < 1.29 is 14.3 Å². The van der Waals surface area contributed by atoms with Gasteiger partial charge in [-0.3, -0.25) is 9.78 Å². The standard InChI is InChI=1S/C21H20N2O3.ClH/c1-4-26-21(25)16-8-9-19-18(12-16)20(10-13(2)22-19)23-17-7-5-6-15(11-17)14(3)24;/h5-12H,4H2,1-3H3,(H,22,23);1H. The average Bonchev–Trinajstić information content (AvgIpc) is 2.61. The van der Waals surface area contributed by atoms with Gasteiger partial charge in [-0.1, -0.05) is 12.1 Å². The number of carbonyl (C=O) groups excluding carboxylic acids is 2. The number of rotatable bonds is 5. The van der Waals surface area contributed by atoms with Gasteiger partial charge in [0, 0.05) is 28.0 Å². The summed E-state index contributed by atoms with van der Waals surface area (Å²) in [4.78, 5) is 28.2. The van der Waals surface area contributed by atoms with Gasteiger partial charge in [-0.2, -0.15) is 0 Å². The maximum absolute atomic E-state index is 12.0. The number of hydrogen-bond donors (Lipinski definition) is 1. The van der Waals surface area contributed by atoms with Crippen LogP contribution in [-0.2, 0) is 4.74 Å². The van der Waals surface area contributed by atoms with Crippen LogP contribution in [0.15, 0.2) is 48.5 Å². The lowest BCUT2D eigenvalue weighted by Gasteiger charge is -2.12. The Bertz CT molecular complexity index is 1000. The lowest BCUT2D eigenvalue weighted by molar-refractivity contribution is 0.0526. The molecule has 0 spiro atoms. The molecular weight excluding hydrogens is 364 g/mol. The van der Waals surface area contributed by atoms with E-state index in [4.69, 9.17) is 4.74 Å². The number of benzene rings is 2. The fourth-order valence-corrected chi connectivity index (χ4v) is 2.77. The highest BCUT2D eigenvalue weighted by atomic mass is 35.5. The first-order valence-corrected chi connectivity index (χ1v) is 8.44. The Kier molecular flexibility index (Phi) is 6.53. The maximum Gasteiger partial charge on any atom is 0.338 e. The van der Waals surface area contributed by atoms with Gasteiger partial charge in [0.1, 0.15) is 0 Å². The van der Waals surface area contributed by atoms with Crippen LogP contribution in [0.3, 0.4) is 0 Å². The Balaban J connectivity index is 0.00000261. The summed E-state index contributed by atoms with van der Waals surface area (Å²) in [5.74, 6) is -0.353. The van der Waals surface area contributed by atoms with Gasteiger partial charge < -0.3 is 10.1 Å². The van der Waals surface area contributed by atoms with E-state index in [1.54, 1.807) is 31.2 Å². The molecule has 0 saturated heterocycles. The molecule has 0 unspecified atom stereocenters. The molecule has 0 amide bonds. The Morgan fingerprint density at radius 1 is 1.07 bits per heavy atom. The summed E-state index contributed by atoms with van der Waals surface area (Å²) >= 11 is 0. The number of aryl methyl sites for hydroxylation is 1. The van der Waals surface area contributed by atoms with Crippen molar-refractivity contribution in [2.75, 3.05) is 11.9 Å². The predicted molar refractivity (Wildman–Crippen MR) is 109 cm³/mol. The summed E-state index contributed by atoms with van der Waals surface area (Å²) in [5.41, 5.74) is 4.36. The Hall–Kier alpha value is -2.92. The molecular formula is C21H21ClN2O3. The van der Waals surface area contributed by atoms with E-state index in [0.717, 1.165) is 28.0 Å². The minimum absolute atomic E-state index is 0. The number of anilines is 2. The van der Waals surface area contributed by atoms with Gasteiger partial charge >= 0.3 is 5.97 Å². The van der Waals surface area contributed by atoms with E-state index in [9.17, 15) is 9.59 Å². The van der Waals surface area contributed by atoms with Gasteiger partial charge in [0.05, 0.1) is 17.7 Å². The van der Waals surface area contributed by atoms with E-state index in [1.807, 2.05) is 31.2 Å². The number of Topliss-reactive ketones (excluding diaryl/α,β-unsaturated/α-hetero) is 1. The van der Waals surface area contributed by atoms with Crippen LogP contribution in [0, 0.1) is 6.92 Å². The van der Waals surface area contributed by atoms with Crippen LogP contribution in [0.1, 0.15) is 40.3 Å². The SMILES string of the molecule is CCOC(=O)c1ccc2nc(C)cc(Nc3cccc(C(C)=O)c3)c2c1.Cl. The van der Waals surface area contributed by atoms with Crippen LogP contribution in [0.5, 0.6) is 0 Å². The third kappa shape index (κ3) is 4.63. The second-order valence-electron chi connectivity index (χ2n) is 6.03. The average molecular weight is 385 g/mol. The monoisotopic (exact) mass is 384 g/mol. The van der Waals surface area contributed by atoms with E-state index in [2.05, 4.69) is 10.3 Å². The van der Waals surface area contributed by atoms with Crippen molar-refractivity contribution in [3.63, 3.8) is 0 Å². The lowest BCUT2D eigenvalue weighted by Crippen LogP contribution is -2.05. The highest BCUT2D eigenvalue weighted by Gasteiger charge is 2.11. The number of fused-ring (bicyclic) bond motifs is 1. The number of pyridine rings is 1. The third-order valence-electron chi connectivity index (χ3n) is 4.00. The fourth-order valence-electron chi connectivity index (χ4n) is 2.77. The number of ether oxygens (including phenoxy) is 1. The molecule has 0 aliphatic carbocycles. The number of esters is 1. The summed E-state index contributed by atoms with van der Waals surface area (Å²) in [6, 6.07) is 14.5. The molecule has 140 valence electrons. The fraction of sp³-hybridized carbons (Fsp3) is 0.190. The molecule has 1 N–H and O–H groups in total. The molecule has 1 heterocycles. The van der Waals surface area contributed by atoms with E-state index in [0.29, 0.717) is 17.7 Å². The summed E-state index contributed by atoms with van der Waals surface area (Å²) in [6.45, 7) is 5.55. The predicted octanol–water partition coefficient (Wildman–Crippen LogP) is 5.09. The molecule has 0 aliphatic rings. The van der Waals surface area contributed by atoms with Crippen molar-refractivity contribution in [1.82, 2.24) is 4.98 Å². The molecule has 0 fully saturated rings. The summed E-state index contributed by atoms with van der Waals surface area (Å²) in [5, 5.41) is 4.15. The Morgan fingerprint density at radius 3 is 2.56 bits per heavy atom. The van der Waals surface area contributed by atoms with Gasteiger partial charge in [-0.05, 0) is 57.2 Å². The molecule has 0 atom stereocenters. The van der Waals surface area contributed by atoms with E-state index in [1.165, 1.54) is 6.92 Å². The Labute approximate surface area is 164 Å². The van der Waals surface area contributed by atoms with Gasteiger partial charge in [0.25, 0.3) is 0 Å². The molecule has 27 heavy (non-hydrogen) atoms. The quantitative estimate of drug-likeness (QED) is 0.490. The zero-order valence-electron chi connectivity index (χ0n) is 15.4. The molecule has 0 radical (unpaired) electrons. The van der Waals surface area contributed by atoms with Gasteiger partial charge in [-0.15, -0.1) is 12.4 Å². The highest BCUT2D eigenvalue weighted by Crippen LogP contribution is 2.28. The van der Waals surface area contributed by atoms with Gasteiger partial charge in [-0.25, -0.2) is 4.79 Å². The molecule has 3 rings (SSSR count). The van der Waals surface area contributed by atoms with Crippen LogP contribution in [0.4, 0.5) is 11.4 Å². The first kappa shape index (κ1) is 20.4. The molecule has 0 bridgehead atoms. The van der Waals surface area contributed by atoms with Crippen molar-refractivity contribution >= 4 is 46.4 Å². The minimum atomic E-state index is -0.362. The normalized spacial score (nSPS) is 10.2. The second-order valence-corrected chi connectivity index (χ2v) is 6.03. The zero-order valence-corrected chi connectivity index (χ0v) is 16.2. The number of halogens is 1. The molecule has 3 aromatic rings. The van der Waals surface area contributed by atoms with E-state index < -0.39 is 0 Å². The van der Waals surface area contributed by atoms with Crippen LogP contribution >= 0.6 is 12.4 Å². The molecule has 2 aromatic carbocycles. The lowest BCUT2D eigenvalue weighted by atomic mass is 10.1. The van der Waals surface area contributed by atoms with Crippen molar-refractivity contribution in [2.24, 2.45) is 0 Å². The Morgan fingerprint density at radius 2 is 1.85 bits per heavy atom. The van der Waals surface area contributed by atoms with E-state index in [-0.39, 0.29) is 24.2 Å². The third-order valence-corrected chi connectivity index (χ3v) is 4.00. The van der Waals surface area contributed by atoms with Crippen LogP contribution < -0.4 is 5.32 Å². The summed E-state index contributed by atoms with van der Waals surface area (Å²) in [6.07, 6.45) is 0. The van der Waals surface area contributed by atoms with Crippen molar-refractivity contribution in [2.45, 2.75) is 20.8 Å². The van der Waals surface area contributed by atoms with Gasteiger partial charge in [0.2, 0.25) is 0 Å². The van der Waals surface area contributed by atoms with Crippen LogP contribution in [-0.4, -0.2) is 23.3 Å². The number of ketones is 1. The second kappa shape index (κ2) is 8.64. The minimum Gasteiger partial charge on any atom is -0.462 e. The van der Waals surface area contributed by atoms with Gasteiger partial charge in [0.15, 0.2) is 5.78 Å². The molecule has 6 heteroatoms. The van der Waals surface area contributed by atoms with Crippen molar-refractivity contribution in [3.8, 4) is 0 Å². The topological polar surface area (TPSA) is 68.3 Å². The number of nitrogens with zero attached hydrogens (tertiary/aromatic N) is 1. The number of nitrogens with one attached hydrogen (secondary N) is 1. The van der Waals surface area contributed by atoms with E-state index >= 15 is 0 Å². The van der Waals surface area contributed by atoms with Crippen LogP contribution in [0.2, 0.25) is 0 Å². The smallest absolute Gasteiger partial charge is 0.338 e. The largest absolute Gasteiger partial charge is 0.462 e. The molecule has 0 saturated carbocycles. The first-order valence-electron chi connectivity index (χ1n) is 8.44. The van der Waals surface area contributed by atoms with Crippen LogP contribution in [0.25, 0.3) is 10.9 Å². The number of hydrogen-bond acceptors (Lipinski definition) is 5. The molecule has 1 aromatic heterocycles. The number of carbonyl (C=O) groups is 2. The highest BCUT2D eigenvalue weighted by molar-refractivity contribution is 6.00. The number of aromatic nitrogens is 1. The van der Waals surface area contributed by atoms with Crippen molar-refractivity contribution in [1.29, 1.82) is 0 Å². The zero-order chi connectivity index (χ0) is 18.7. The maximum atomic E-state index is 12.0. The molecule has 5 nitrogen and oxygen atoms in total. The first-order chi connectivity index (χ1) is 12.5.